The van der Waals surface area contributed by atoms with Crippen LogP contribution < -0.4 is 5.32 Å². The second-order valence-electron chi connectivity index (χ2n) is 10.8. The number of aryl methyl sites for hydroxylation is 1. The van der Waals surface area contributed by atoms with Gasteiger partial charge in [-0.05, 0) is 92.8 Å². The van der Waals surface area contributed by atoms with Crippen molar-refractivity contribution in [1.29, 1.82) is 0 Å². The van der Waals surface area contributed by atoms with E-state index < -0.39 is 0 Å². The second-order valence-corrected chi connectivity index (χ2v) is 10.8. The number of nitrogens with zero attached hydrogens (tertiary/aromatic N) is 4. The Labute approximate surface area is 223 Å². The molecule has 0 spiro atoms. The number of nitrogens with one attached hydrogen (secondary N) is 1. The normalized spacial score (nSPS) is 20.1. The van der Waals surface area contributed by atoms with Gasteiger partial charge in [-0.15, -0.1) is 0 Å². The Morgan fingerprint density at radius 2 is 1.87 bits per heavy atom. The summed E-state index contributed by atoms with van der Waals surface area (Å²) in [6, 6.07) is 16.5. The maximum Gasteiger partial charge on any atom is 0.252 e. The van der Waals surface area contributed by atoms with Crippen molar-refractivity contribution < 1.29 is 9.32 Å². The highest BCUT2D eigenvalue weighted by molar-refractivity contribution is 6.06. The first-order valence-electron chi connectivity index (χ1n) is 13.9. The van der Waals surface area contributed by atoms with Crippen LogP contribution in [0.5, 0.6) is 0 Å². The summed E-state index contributed by atoms with van der Waals surface area (Å²) in [7, 11) is 0. The summed E-state index contributed by atoms with van der Waals surface area (Å²) in [6.07, 6.45) is 9.63. The third-order valence-electron chi connectivity index (χ3n) is 8.31. The average Bonchev–Trinajstić information content (AvgIpc) is 3.28. The molecule has 2 aromatic heterocycles. The molecule has 1 saturated carbocycles. The highest BCUT2D eigenvalue weighted by atomic mass is 16.5. The highest BCUT2D eigenvalue weighted by Crippen LogP contribution is 2.29. The van der Waals surface area contributed by atoms with Gasteiger partial charge < -0.3 is 14.7 Å². The highest BCUT2D eigenvalue weighted by Gasteiger charge is 2.24. The van der Waals surface area contributed by atoms with E-state index in [0.717, 1.165) is 73.3 Å². The minimum Gasteiger partial charge on any atom is -0.349 e. The third-order valence-corrected chi connectivity index (χ3v) is 8.31. The van der Waals surface area contributed by atoms with Crippen LogP contribution >= 0.6 is 0 Å². The lowest BCUT2D eigenvalue weighted by Gasteiger charge is -2.31. The SMILES string of the molecule is Cc1nc(-c2ccc3c(c2)CCN(CCC2CCC(NC(=O)c4cccc5ncccc45)CC2)CC3)no1. The van der Waals surface area contributed by atoms with E-state index in [4.69, 9.17) is 4.52 Å². The van der Waals surface area contributed by atoms with Gasteiger partial charge in [-0.25, -0.2) is 0 Å². The molecule has 7 heteroatoms. The minimum absolute atomic E-state index is 0.0220. The molecule has 6 rings (SSSR count). The molecule has 1 aliphatic heterocycles. The third kappa shape index (κ3) is 5.48. The van der Waals surface area contributed by atoms with Crippen LogP contribution in [0.25, 0.3) is 22.3 Å². The van der Waals surface area contributed by atoms with Crippen molar-refractivity contribution >= 4 is 16.8 Å². The predicted octanol–water partition coefficient (Wildman–Crippen LogP) is 5.37. The predicted molar refractivity (Wildman–Crippen MR) is 148 cm³/mol. The maximum absolute atomic E-state index is 13.0. The average molecular weight is 510 g/mol. The monoisotopic (exact) mass is 509 g/mol. The molecule has 0 bridgehead atoms. The zero-order valence-corrected chi connectivity index (χ0v) is 22.0. The topological polar surface area (TPSA) is 84.2 Å². The molecule has 1 fully saturated rings. The zero-order chi connectivity index (χ0) is 25.9. The van der Waals surface area contributed by atoms with Gasteiger partial charge in [0.25, 0.3) is 5.91 Å². The van der Waals surface area contributed by atoms with Crippen LogP contribution in [0.15, 0.2) is 59.3 Å². The number of fused-ring (bicyclic) bond motifs is 2. The number of rotatable bonds is 6. The van der Waals surface area contributed by atoms with Crippen molar-refractivity contribution in [3.63, 3.8) is 0 Å². The maximum atomic E-state index is 13.0. The smallest absolute Gasteiger partial charge is 0.252 e. The standard InChI is InChI=1S/C31H35N5O2/c1-21-33-30(35-38-21)25-10-9-23-14-18-36(19-15-24(23)20-25)17-13-22-7-11-26(12-8-22)34-31(37)28-4-2-6-29-27(28)5-3-16-32-29/h2-6,9-10,16,20,22,26H,7-8,11-15,17-19H2,1H3,(H,34,37). The van der Waals surface area contributed by atoms with Gasteiger partial charge in [0.05, 0.1) is 5.52 Å². The van der Waals surface area contributed by atoms with Gasteiger partial charge in [0.1, 0.15) is 0 Å². The van der Waals surface area contributed by atoms with E-state index in [1.54, 1.807) is 6.20 Å². The van der Waals surface area contributed by atoms with E-state index in [-0.39, 0.29) is 11.9 Å². The number of hydrogen-bond acceptors (Lipinski definition) is 6. The first kappa shape index (κ1) is 24.7. The van der Waals surface area contributed by atoms with Gasteiger partial charge in [-0.3, -0.25) is 9.78 Å². The summed E-state index contributed by atoms with van der Waals surface area (Å²) in [6.45, 7) is 5.17. The first-order valence-corrected chi connectivity index (χ1v) is 13.9. The van der Waals surface area contributed by atoms with Crippen molar-refractivity contribution in [3.8, 4) is 11.4 Å². The fourth-order valence-corrected chi connectivity index (χ4v) is 6.08. The molecule has 3 heterocycles. The van der Waals surface area contributed by atoms with Crippen molar-refractivity contribution in [2.45, 2.75) is 57.9 Å². The largest absolute Gasteiger partial charge is 0.349 e. The van der Waals surface area contributed by atoms with Crippen LogP contribution in [0.2, 0.25) is 0 Å². The number of carbonyl (C=O) groups excluding carboxylic acids is 1. The van der Waals surface area contributed by atoms with Crippen molar-refractivity contribution in [1.82, 2.24) is 25.3 Å². The summed E-state index contributed by atoms with van der Waals surface area (Å²) in [4.78, 5) is 24.4. The second kappa shape index (κ2) is 11.0. The van der Waals surface area contributed by atoms with Crippen LogP contribution in [0, 0.1) is 12.8 Å². The Hall–Kier alpha value is -3.58. The van der Waals surface area contributed by atoms with Crippen LogP contribution in [-0.2, 0) is 12.8 Å². The molecule has 1 N–H and O–H groups in total. The Balaban J connectivity index is 0.972. The quantitative estimate of drug-likeness (QED) is 0.376. The molecular formula is C31H35N5O2. The number of amides is 1. The summed E-state index contributed by atoms with van der Waals surface area (Å²) >= 11 is 0. The molecule has 2 aromatic carbocycles. The lowest BCUT2D eigenvalue weighted by Crippen LogP contribution is -2.38. The molecule has 0 radical (unpaired) electrons. The Kier molecular flexibility index (Phi) is 7.18. The molecule has 4 aromatic rings. The summed E-state index contributed by atoms with van der Waals surface area (Å²) in [5.74, 6) is 2.03. The fraction of sp³-hybridized carbons (Fsp3) is 0.419. The van der Waals surface area contributed by atoms with E-state index in [1.807, 2.05) is 37.3 Å². The van der Waals surface area contributed by atoms with Gasteiger partial charge in [0.15, 0.2) is 0 Å². The van der Waals surface area contributed by atoms with Gasteiger partial charge in [0, 0.05) is 48.8 Å². The van der Waals surface area contributed by atoms with Gasteiger partial charge in [-0.1, -0.05) is 29.4 Å². The molecule has 0 saturated heterocycles. The van der Waals surface area contributed by atoms with Crippen molar-refractivity contribution in [2.75, 3.05) is 19.6 Å². The molecule has 2 aliphatic rings. The molecule has 1 amide bonds. The molecule has 38 heavy (non-hydrogen) atoms. The molecular weight excluding hydrogens is 474 g/mol. The molecule has 1 aliphatic carbocycles. The van der Waals surface area contributed by atoms with E-state index in [1.165, 1.54) is 30.4 Å². The van der Waals surface area contributed by atoms with Gasteiger partial charge in [-0.2, -0.15) is 4.98 Å². The van der Waals surface area contributed by atoms with Gasteiger partial charge >= 0.3 is 0 Å². The Morgan fingerprint density at radius 1 is 1.03 bits per heavy atom. The summed E-state index contributed by atoms with van der Waals surface area (Å²) in [5, 5.41) is 8.30. The fourth-order valence-electron chi connectivity index (χ4n) is 6.08. The van der Waals surface area contributed by atoms with Crippen LogP contribution in [0.3, 0.4) is 0 Å². The number of benzene rings is 2. The van der Waals surface area contributed by atoms with Crippen molar-refractivity contribution in [3.05, 3.63) is 77.3 Å². The molecule has 7 nitrogen and oxygen atoms in total. The number of carbonyl (C=O) groups is 1. The Bertz CT molecular complexity index is 1420. The first-order chi connectivity index (χ1) is 18.6. The molecule has 0 atom stereocenters. The van der Waals surface area contributed by atoms with E-state index in [2.05, 4.69) is 43.5 Å². The van der Waals surface area contributed by atoms with Gasteiger partial charge in [0.2, 0.25) is 11.7 Å². The summed E-state index contributed by atoms with van der Waals surface area (Å²) < 4.78 is 5.16. The number of pyridine rings is 1. The van der Waals surface area contributed by atoms with Crippen LogP contribution in [0.1, 0.15) is 59.5 Å². The Morgan fingerprint density at radius 3 is 2.68 bits per heavy atom. The van der Waals surface area contributed by atoms with E-state index in [0.29, 0.717) is 11.7 Å². The lowest BCUT2D eigenvalue weighted by atomic mass is 9.84. The zero-order valence-electron chi connectivity index (χ0n) is 22.0. The van der Waals surface area contributed by atoms with Crippen LogP contribution in [-0.4, -0.2) is 51.6 Å². The van der Waals surface area contributed by atoms with Crippen LogP contribution in [0.4, 0.5) is 0 Å². The molecule has 196 valence electrons. The lowest BCUT2D eigenvalue weighted by molar-refractivity contribution is 0.0921. The minimum atomic E-state index is 0.0220. The van der Waals surface area contributed by atoms with Crippen molar-refractivity contribution in [2.24, 2.45) is 5.92 Å². The number of aromatic nitrogens is 3. The number of hydrogen-bond donors (Lipinski definition) is 1. The van der Waals surface area contributed by atoms with E-state index in [9.17, 15) is 4.79 Å². The molecule has 0 unspecified atom stereocenters. The van der Waals surface area contributed by atoms with E-state index >= 15 is 0 Å². The summed E-state index contributed by atoms with van der Waals surface area (Å²) in [5.41, 5.74) is 5.47.